The fourth-order valence-corrected chi connectivity index (χ4v) is 9.55. The molecule has 384 valence electrons. The summed E-state index contributed by atoms with van der Waals surface area (Å²) in [5.41, 5.74) is -4.07. The lowest BCUT2D eigenvalue weighted by molar-refractivity contribution is -0.212. The molecule has 2 aromatic carbocycles. The van der Waals surface area contributed by atoms with Crippen molar-refractivity contribution in [2.45, 2.75) is 75.8 Å². The molecule has 0 unspecified atom stereocenters. The molecule has 2 saturated heterocycles. The van der Waals surface area contributed by atoms with Gasteiger partial charge in [-0.3, -0.25) is 4.68 Å². The monoisotopic (exact) mass is 1030 g/mol. The fraction of sp³-hybridized carbons (Fsp3) is 0.375. The maximum Gasteiger partial charge on any atom is 0.504 e. The first kappa shape index (κ1) is 50.8. The van der Waals surface area contributed by atoms with Crippen LogP contribution in [-0.2, 0) is 43.4 Å². The predicted octanol–water partition coefficient (Wildman–Crippen LogP) is 9.66. The van der Waals surface area contributed by atoms with E-state index in [9.17, 15) is 45.6 Å². The Bertz CT molecular complexity index is 3520. The molecule has 6 aromatic heterocycles. The van der Waals surface area contributed by atoms with Crippen molar-refractivity contribution in [3.8, 4) is 34.4 Å². The molecule has 8 heterocycles. The first-order valence-corrected chi connectivity index (χ1v) is 22.8. The van der Waals surface area contributed by atoms with Gasteiger partial charge in [-0.25, -0.2) is 27.5 Å². The summed E-state index contributed by atoms with van der Waals surface area (Å²) >= 11 is 0. The van der Waals surface area contributed by atoms with Crippen LogP contribution in [0.3, 0.4) is 0 Å². The number of fused-ring (bicyclic) bond motifs is 2. The number of aromatic nitrogens is 12. The number of aryl methyl sites for hydroxylation is 2. The minimum absolute atomic E-state index is 0.0171. The van der Waals surface area contributed by atoms with Crippen LogP contribution in [0.5, 0.6) is 0 Å². The molecule has 74 heavy (non-hydrogen) atoms. The van der Waals surface area contributed by atoms with Crippen LogP contribution in [0.25, 0.3) is 44.3 Å². The number of rotatable bonds is 6. The van der Waals surface area contributed by atoms with E-state index >= 15 is 8.78 Å². The molecule has 8 aromatic rings. The van der Waals surface area contributed by atoms with Gasteiger partial charge in [0.2, 0.25) is 0 Å². The number of nitrogens with zero attached hydrogens (tertiary/aromatic N) is 16. The topological polar surface area (TPSA) is 177 Å². The zero-order valence-electron chi connectivity index (χ0n) is 39.9. The Morgan fingerprint density at radius 3 is 1.49 bits per heavy atom. The number of pyridine rings is 2. The number of hydrogen-bond donors (Lipinski definition) is 0. The van der Waals surface area contributed by atoms with Crippen LogP contribution >= 0.6 is 0 Å². The molecule has 0 spiro atoms. The summed E-state index contributed by atoms with van der Waals surface area (Å²) in [6.45, 7) is 5.49. The second kappa shape index (κ2) is 18.4. The number of piperidine rings is 2. The predicted molar refractivity (Wildman–Crippen MR) is 247 cm³/mol. The van der Waals surface area contributed by atoms with Crippen molar-refractivity contribution < 1.29 is 43.9 Å². The van der Waals surface area contributed by atoms with E-state index < -0.39 is 46.7 Å². The molecule has 0 N–H and O–H groups in total. The number of benzene rings is 2. The van der Waals surface area contributed by atoms with Crippen LogP contribution in [-0.4, -0.2) is 85.2 Å². The summed E-state index contributed by atoms with van der Waals surface area (Å²) in [5.74, 6) is -1.04. The molecule has 2 fully saturated rings. The van der Waals surface area contributed by atoms with Gasteiger partial charge in [-0.05, 0) is 57.2 Å². The lowest BCUT2D eigenvalue weighted by Gasteiger charge is -2.38. The average molecular weight is 1030 g/mol. The fourth-order valence-electron chi connectivity index (χ4n) is 9.55. The number of nitriles is 2. The molecule has 16 nitrogen and oxygen atoms in total. The van der Waals surface area contributed by atoms with Crippen LogP contribution in [0.15, 0.2) is 67.6 Å². The van der Waals surface area contributed by atoms with Crippen molar-refractivity contribution in [3.63, 3.8) is 0 Å². The van der Waals surface area contributed by atoms with E-state index in [1.807, 2.05) is 12.1 Å². The molecular formula is C48H42F10N16. The molecule has 2 aliphatic heterocycles. The second-order valence-electron chi connectivity index (χ2n) is 19.1. The maximum absolute atomic E-state index is 15.8. The number of anilines is 2. The van der Waals surface area contributed by atoms with E-state index in [1.165, 1.54) is 52.4 Å². The van der Waals surface area contributed by atoms with Crippen LogP contribution in [0.2, 0.25) is 0 Å². The smallest absolute Gasteiger partial charge is 0.370 e. The maximum atomic E-state index is 15.8. The van der Waals surface area contributed by atoms with E-state index in [0.29, 0.717) is 16.9 Å². The van der Waals surface area contributed by atoms with Gasteiger partial charge in [0.25, 0.3) is 0 Å². The Morgan fingerprint density at radius 1 is 0.622 bits per heavy atom. The lowest BCUT2D eigenvalue weighted by atomic mass is 9.90. The highest BCUT2D eigenvalue weighted by molar-refractivity contribution is 5.90. The van der Waals surface area contributed by atoms with Crippen molar-refractivity contribution in [2.75, 3.05) is 36.0 Å². The van der Waals surface area contributed by atoms with Gasteiger partial charge in [0.1, 0.15) is 36.4 Å². The largest absolute Gasteiger partial charge is 0.504 e. The molecule has 0 saturated carbocycles. The highest BCUT2D eigenvalue weighted by Gasteiger charge is 2.44. The molecule has 26 heteroatoms. The third kappa shape index (κ3) is 9.39. The zero-order valence-corrected chi connectivity index (χ0v) is 39.9. The van der Waals surface area contributed by atoms with Gasteiger partial charge in [-0.1, -0.05) is 0 Å². The third-order valence-electron chi connectivity index (χ3n) is 13.0. The SMILES string of the molecule is Cn1cnnc1C1(F)CCN(c2c(C#N)cc(F)cc2-c2cnc3nn(C(C)(C)C)c(C(F)(F)F)c3c2)CC1.Cn1cnnc1C1(F)CCN(c2c(C#N)cc(F)cc2-c2cnc3nn(C(F)(F)F)cc3c2)CC1. The quantitative estimate of drug-likeness (QED) is 0.144. The molecule has 0 atom stereocenters. The Balaban J connectivity index is 0.000000183. The summed E-state index contributed by atoms with van der Waals surface area (Å²) in [6.07, 6.45) is -3.10. The summed E-state index contributed by atoms with van der Waals surface area (Å²) in [6, 6.07) is 11.1. The van der Waals surface area contributed by atoms with Gasteiger partial charge in [0, 0.05) is 112 Å². The summed E-state index contributed by atoms with van der Waals surface area (Å²) in [5, 5.41) is 42.2. The molecule has 0 aliphatic carbocycles. The molecule has 0 radical (unpaired) electrons. The number of hydrogen-bond acceptors (Lipinski definition) is 12. The van der Waals surface area contributed by atoms with Crippen molar-refractivity contribution >= 4 is 33.4 Å². The lowest BCUT2D eigenvalue weighted by Crippen LogP contribution is -2.42. The van der Waals surface area contributed by atoms with Gasteiger partial charge >= 0.3 is 12.5 Å². The third-order valence-corrected chi connectivity index (χ3v) is 13.0. The first-order valence-electron chi connectivity index (χ1n) is 22.8. The standard InChI is InChI=1S/C26H25F5N8.C22H17F5N8/c1-24(2,3)39-21(26(29,30)31)19-10-16(13-33-22(19)36-39)18-11-17(27)9-15(12-32)20(18)38-7-5-25(28,6-8-38)23-35-34-14-37(23)4;1-33-12-30-31-20(33)21(24)2-4-34(5-3-21)18-13(9-28)7-16(23)8-17(18)14-6-15-11-35(22(25,26)27)32-19(15)29-10-14/h9-11,13-14H,5-8H2,1-4H3;6-8,10-12H,2-5H2,1H3. The molecule has 0 amide bonds. The highest BCUT2D eigenvalue weighted by Crippen LogP contribution is 2.45. The van der Waals surface area contributed by atoms with Gasteiger partial charge < -0.3 is 18.9 Å². The van der Waals surface area contributed by atoms with Gasteiger partial charge in [0.05, 0.1) is 33.4 Å². The van der Waals surface area contributed by atoms with Crippen LogP contribution in [0.4, 0.5) is 55.3 Å². The summed E-state index contributed by atoms with van der Waals surface area (Å²) < 4.78 is 146. The highest BCUT2D eigenvalue weighted by atomic mass is 19.4. The van der Waals surface area contributed by atoms with Crippen molar-refractivity contribution in [1.82, 2.24) is 59.1 Å². The van der Waals surface area contributed by atoms with E-state index in [2.05, 4.69) is 40.6 Å². The zero-order chi connectivity index (χ0) is 53.3. The van der Waals surface area contributed by atoms with Crippen molar-refractivity contribution in [1.29, 1.82) is 10.5 Å². The van der Waals surface area contributed by atoms with E-state index in [1.54, 1.807) is 44.7 Å². The summed E-state index contributed by atoms with van der Waals surface area (Å²) in [7, 11) is 3.30. The summed E-state index contributed by atoms with van der Waals surface area (Å²) in [4.78, 5) is 11.7. The van der Waals surface area contributed by atoms with Gasteiger partial charge in [-0.2, -0.15) is 33.5 Å². The van der Waals surface area contributed by atoms with E-state index in [0.717, 1.165) is 29.1 Å². The van der Waals surface area contributed by atoms with Crippen molar-refractivity contribution in [2.24, 2.45) is 14.1 Å². The van der Waals surface area contributed by atoms with Crippen molar-refractivity contribution in [3.05, 3.63) is 108 Å². The van der Waals surface area contributed by atoms with Gasteiger partial charge in [0.15, 0.2) is 40.0 Å². The Hall–Kier alpha value is -8.16. The van der Waals surface area contributed by atoms with E-state index in [-0.39, 0.29) is 118 Å². The molecule has 2 aliphatic rings. The molecular weight excluding hydrogens is 991 g/mol. The minimum atomic E-state index is -4.73. The van der Waals surface area contributed by atoms with E-state index in [4.69, 9.17) is 0 Å². The Kier molecular flexibility index (Phi) is 12.6. The number of halogens is 10. The van der Waals surface area contributed by atoms with Crippen LogP contribution in [0, 0.1) is 34.3 Å². The average Bonchev–Trinajstić information content (AvgIpc) is 4.17. The normalized spacial score (nSPS) is 16.0. The van der Waals surface area contributed by atoms with Crippen LogP contribution < -0.4 is 9.80 Å². The molecule has 0 bridgehead atoms. The van der Waals surface area contributed by atoms with Crippen LogP contribution in [0.1, 0.15) is 74.9 Å². The van der Waals surface area contributed by atoms with Gasteiger partial charge in [-0.15, -0.1) is 38.7 Å². The molecule has 10 rings (SSSR count). The Morgan fingerprint density at radius 2 is 1.08 bits per heavy atom. The number of alkyl halides is 8. The Labute approximate surface area is 414 Å². The first-order chi connectivity index (χ1) is 34.8. The minimum Gasteiger partial charge on any atom is -0.370 e. The second-order valence-corrected chi connectivity index (χ2v) is 19.1.